The second-order valence-electron chi connectivity index (χ2n) is 7.62. The van der Waals surface area contributed by atoms with Gasteiger partial charge < -0.3 is 14.8 Å². The summed E-state index contributed by atoms with van der Waals surface area (Å²) in [6.45, 7) is -0.460. The average molecular weight is 492 g/mol. The zero-order valence-corrected chi connectivity index (χ0v) is 19.5. The highest BCUT2D eigenvalue weighted by Gasteiger charge is 2.27. The average Bonchev–Trinajstić information content (AvgIpc) is 3.40. The molecule has 2 aromatic carbocycles. The molecule has 0 fully saturated rings. The van der Waals surface area contributed by atoms with Crippen LogP contribution in [0.15, 0.2) is 76.9 Å². The van der Waals surface area contributed by atoms with Crippen molar-refractivity contribution in [3.8, 4) is 5.75 Å². The zero-order valence-electron chi connectivity index (χ0n) is 18.6. The first-order valence-corrected chi connectivity index (χ1v) is 11.4. The Morgan fingerprint density at radius 3 is 2.46 bits per heavy atom. The summed E-state index contributed by atoms with van der Waals surface area (Å²) in [4.78, 5) is 57.8. The molecule has 0 saturated carbocycles. The molecule has 4 aromatic rings. The maximum Gasteiger partial charge on any atom is 0.300 e. The normalized spacial score (nSPS) is 10.7. The van der Waals surface area contributed by atoms with Crippen LogP contribution in [0.5, 0.6) is 5.75 Å². The van der Waals surface area contributed by atoms with Crippen LogP contribution in [0.4, 0.5) is 0 Å². The summed E-state index contributed by atoms with van der Waals surface area (Å²) in [5.41, 5.74) is -0.334. The van der Waals surface area contributed by atoms with Gasteiger partial charge in [-0.25, -0.2) is 0 Å². The van der Waals surface area contributed by atoms with E-state index in [0.717, 1.165) is 15.2 Å². The Morgan fingerprint density at radius 1 is 1.03 bits per heavy atom. The summed E-state index contributed by atoms with van der Waals surface area (Å²) < 4.78 is 0.962. The molecule has 2 N–H and O–H groups in total. The molecule has 10 heteroatoms. The Morgan fingerprint density at radius 2 is 1.74 bits per heavy atom. The molecular weight excluding hydrogens is 470 g/mol. The highest BCUT2D eigenvalue weighted by molar-refractivity contribution is 7.12. The van der Waals surface area contributed by atoms with Crippen LogP contribution in [-0.4, -0.2) is 46.1 Å². The number of aromatic hydroxyl groups is 1. The summed E-state index contributed by atoms with van der Waals surface area (Å²) in [6, 6.07) is 18.8. The van der Waals surface area contributed by atoms with Gasteiger partial charge in [0.25, 0.3) is 17.4 Å². The van der Waals surface area contributed by atoms with Crippen molar-refractivity contribution in [3.63, 3.8) is 0 Å². The lowest BCUT2D eigenvalue weighted by molar-refractivity contribution is -0.120. The number of benzene rings is 2. The highest BCUT2D eigenvalue weighted by atomic mass is 32.1. The molecule has 0 aliphatic rings. The predicted octanol–water partition coefficient (Wildman–Crippen LogP) is 2.43. The molecule has 0 aliphatic heterocycles. The zero-order chi connectivity index (χ0) is 24.9. The molecule has 2 aromatic heterocycles. The third-order valence-electron chi connectivity index (χ3n) is 5.16. The number of para-hydroxylation sites is 1. The number of pyridine rings is 1. The number of fused-ring (bicyclic) bond motifs is 1. The van der Waals surface area contributed by atoms with Crippen molar-refractivity contribution < 1.29 is 24.3 Å². The van der Waals surface area contributed by atoms with E-state index in [1.165, 1.54) is 18.4 Å². The first-order valence-electron chi connectivity index (χ1n) is 10.5. The molecule has 9 nitrogen and oxygen atoms in total. The van der Waals surface area contributed by atoms with E-state index in [0.29, 0.717) is 4.88 Å². The molecule has 0 radical (unpaired) electrons. The van der Waals surface area contributed by atoms with Gasteiger partial charge in [0.05, 0.1) is 16.9 Å². The van der Waals surface area contributed by atoms with Crippen LogP contribution in [0.3, 0.4) is 0 Å². The van der Waals surface area contributed by atoms with Crippen LogP contribution in [0.1, 0.15) is 25.6 Å². The molecule has 0 atom stereocenters. The fraction of sp³-hybridized carbons (Fsp3) is 0.120. The van der Waals surface area contributed by atoms with Crippen LogP contribution in [0.25, 0.3) is 10.9 Å². The predicted molar refractivity (Wildman–Crippen MR) is 130 cm³/mol. The van der Waals surface area contributed by atoms with Crippen molar-refractivity contribution in [2.45, 2.75) is 6.61 Å². The van der Waals surface area contributed by atoms with Gasteiger partial charge in [0, 0.05) is 12.4 Å². The number of hydrogen-bond acceptors (Lipinski definition) is 7. The van der Waals surface area contributed by atoms with Crippen molar-refractivity contribution in [3.05, 3.63) is 98.5 Å². The van der Waals surface area contributed by atoms with Crippen LogP contribution < -0.4 is 15.7 Å². The van der Waals surface area contributed by atoms with E-state index in [4.69, 9.17) is 4.84 Å². The number of imide groups is 1. The summed E-state index contributed by atoms with van der Waals surface area (Å²) in [7, 11) is 1.29. The smallest absolute Gasteiger partial charge is 0.300 e. The van der Waals surface area contributed by atoms with E-state index in [1.54, 1.807) is 41.8 Å². The van der Waals surface area contributed by atoms with Crippen LogP contribution in [0, 0.1) is 0 Å². The topological polar surface area (TPSA) is 118 Å². The molecule has 0 saturated heterocycles. The standard InChI is InChI=1S/C25H21N3O6S/c1-27(14-20(29)26-23(31)19-12-7-13-35-19)24(32)21-22(30)17-10-5-6-11-18(17)28(25(21)33)34-15-16-8-3-2-4-9-16/h2-13,30H,14-15H2,1H3,(H,26,29,31). The first-order chi connectivity index (χ1) is 16.9. The SMILES string of the molecule is CN(CC(=O)NC(=O)c1cccs1)C(=O)c1c(O)c2ccccc2n(OCc2ccccc2)c1=O. The van der Waals surface area contributed by atoms with E-state index in [9.17, 15) is 24.3 Å². The van der Waals surface area contributed by atoms with Gasteiger partial charge in [0.2, 0.25) is 5.91 Å². The number of aromatic nitrogens is 1. The third-order valence-corrected chi connectivity index (χ3v) is 6.02. The number of amides is 3. The Labute approximate surface area is 203 Å². The molecular formula is C25H21N3O6S. The van der Waals surface area contributed by atoms with Crippen LogP contribution in [-0.2, 0) is 11.4 Å². The molecule has 0 unspecified atom stereocenters. The van der Waals surface area contributed by atoms with Crippen LogP contribution in [0.2, 0.25) is 0 Å². The summed E-state index contributed by atoms with van der Waals surface area (Å²) in [6.07, 6.45) is 0. The van der Waals surface area contributed by atoms with Crippen molar-refractivity contribution in [1.82, 2.24) is 14.9 Å². The first kappa shape index (κ1) is 23.7. The van der Waals surface area contributed by atoms with Gasteiger partial charge in [-0.1, -0.05) is 48.5 Å². The molecule has 3 amide bonds. The van der Waals surface area contributed by atoms with E-state index in [1.807, 2.05) is 30.3 Å². The van der Waals surface area contributed by atoms with Gasteiger partial charge in [-0.05, 0) is 29.1 Å². The minimum Gasteiger partial charge on any atom is -0.506 e. The third kappa shape index (κ3) is 5.07. The monoisotopic (exact) mass is 491 g/mol. The van der Waals surface area contributed by atoms with E-state index in [-0.39, 0.29) is 17.5 Å². The van der Waals surface area contributed by atoms with E-state index in [2.05, 4.69) is 5.32 Å². The number of likely N-dealkylation sites (N-methyl/N-ethyl adjacent to an activating group) is 1. The second-order valence-corrected chi connectivity index (χ2v) is 8.56. The number of thiophene rings is 1. The maximum absolute atomic E-state index is 13.3. The molecule has 4 rings (SSSR count). The molecule has 0 spiro atoms. The molecule has 178 valence electrons. The summed E-state index contributed by atoms with van der Waals surface area (Å²) in [5, 5.41) is 14.9. The van der Waals surface area contributed by atoms with Gasteiger partial charge in [-0.3, -0.25) is 24.5 Å². The highest BCUT2D eigenvalue weighted by Crippen LogP contribution is 2.26. The van der Waals surface area contributed by atoms with E-state index >= 15 is 0 Å². The molecule has 2 heterocycles. The van der Waals surface area contributed by atoms with Crippen molar-refractivity contribution in [2.75, 3.05) is 13.6 Å². The summed E-state index contributed by atoms with van der Waals surface area (Å²) >= 11 is 1.17. The van der Waals surface area contributed by atoms with Gasteiger partial charge in [0.1, 0.15) is 12.4 Å². The van der Waals surface area contributed by atoms with Crippen molar-refractivity contribution >= 4 is 40.0 Å². The van der Waals surface area contributed by atoms with Gasteiger partial charge >= 0.3 is 0 Å². The number of nitrogens with one attached hydrogen (secondary N) is 1. The number of nitrogens with zero attached hydrogens (tertiary/aromatic N) is 2. The maximum atomic E-state index is 13.3. The van der Waals surface area contributed by atoms with Gasteiger partial charge in [0.15, 0.2) is 5.56 Å². The molecule has 0 aliphatic carbocycles. The lowest BCUT2D eigenvalue weighted by Crippen LogP contribution is -2.43. The number of hydrogen-bond donors (Lipinski definition) is 2. The van der Waals surface area contributed by atoms with Crippen molar-refractivity contribution in [1.29, 1.82) is 0 Å². The van der Waals surface area contributed by atoms with Crippen molar-refractivity contribution in [2.24, 2.45) is 0 Å². The van der Waals surface area contributed by atoms with Gasteiger partial charge in [-0.15, -0.1) is 16.1 Å². The minimum atomic E-state index is -0.894. The Hall–Kier alpha value is -4.44. The summed E-state index contributed by atoms with van der Waals surface area (Å²) in [5.74, 6) is -2.73. The number of carbonyl (C=O) groups excluding carboxylic acids is 3. The fourth-order valence-electron chi connectivity index (χ4n) is 3.45. The Balaban J connectivity index is 1.61. The minimum absolute atomic E-state index is 0.0478. The lowest BCUT2D eigenvalue weighted by atomic mass is 10.1. The quantitative estimate of drug-likeness (QED) is 0.410. The number of carbonyl (C=O) groups is 3. The Kier molecular flexibility index (Phi) is 6.93. The second kappa shape index (κ2) is 10.2. The molecule has 0 bridgehead atoms. The van der Waals surface area contributed by atoms with Gasteiger partial charge in [-0.2, -0.15) is 0 Å². The fourth-order valence-corrected chi connectivity index (χ4v) is 4.06. The number of rotatable bonds is 7. The Bertz CT molecular complexity index is 1450. The largest absolute Gasteiger partial charge is 0.506 e. The lowest BCUT2D eigenvalue weighted by Gasteiger charge is -2.19. The van der Waals surface area contributed by atoms with Crippen LogP contribution >= 0.6 is 11.3 Å². The molecule has 35 heavy (non-hydrogen) atoms. The van der Waals surface area contributed by atoms with E-state index < -0.39 is 41.1 Å².